The van der Waals surface area contributed by atoms with Gasteiger partial charge in [-0.15, -0.1) is 0 Å². The summed E-state index contributed by atoms with van der Waals surface area (Å²) in [5.41, 5.74) is 0.688. The summed E-state index contributed by atoms with van der Waals surface area (Å²) in [4.78, 5) is 0. The first-order chi connectivity index (χ1) is 10.9. The fraction of sp³-hybridized carbons (Fsp3) is 0.600. The molecule has 1 aliphatic rings. The van der Waals surface area contributed by atoms with E-state index < -0.39 is 21.9 Å². The van der Waals surface area contributed by atoms with Crippen LogP contribution < -0.4 is 13.0 Å². The lowest BCUT2D eigenvalue weighted by atomic mass is 10.1. The van der Waals surface area contributed by atoms with Crippen molar-refractivity contribution in [1.82, 2.24) is 8.25 Å². The van der Waals surface area contributed by atoms with Crippen LogP contribution in [0.2, 0.25) is 0 Å². The molecule has 1 fully saturated rings. The van der Waals surface area contributed by atoms with Gasteiger partial charge >= 0.3 is 0 Å². The molecule has 0 spiro atoms. The predicted octanol–water partition coefficient (Wildman–Crippen LogP) is 2.92. The molecule has 0 heterocycles. The molecule has 0 aromatic heterocycles. The van der Waals surface area contributed by atoms with Gasteiger partial charge in [0.1, 0.15) is 0 Å². The lowest BCUT2D eigenvalue weighted by Crippen LogP contribution is -2.30. The number of hydrogen-bond donors (Lipinski definition) is 2. The first-order valence-electron chi connectivity index (χ1n) is 7.67. The quantitative estimate of drug-likeness (QED) is 0.323. The van der Waals surface area contributed by atoms with E-state index in [9.17, 15) is 12.8 Å². The molecule has 2 rings (SSSR count). The Hall–Kier alpha value is -0.450. The molecule has 0 aliphatic heterocycles. The molecule has 0 unspecified atom stereocenters. The van der Waals surface area contributed by atoms with E-state index in [1.54, 1.807) is 19.1 Å². The van der Waals surface area contributed by atoms with Crippen molar-refractivity contribution in [2.24, 2.45) is 5.92 Å². The molecular formula is C15H22FIN2O3S. The van der Waals surface area contributed by atoms with Crippen LogP contribution in [0.1, 0.15) is 37.8 Å². The summed E-state index contributed by atoms with van der Waals surface area (Å²) >= 11 is 1.98. The van der Waals surface area contributed by atoms with Crippen molar-refractivity contribution in [1.29, 1.82) is 0 Å². The topological polar surface area (TPSA) is 67.4 Å². The summed E-state index contributed by atoms with van der Waals surface area (Å²) in [5.74, 6) is 0.354. The first-order valence-corrected chi connectivity index (χ1v) is 10.4. The van der Waals surface area contributed by atoms with Crippen LogP contribution in [0.25, 0.3) is 0 Å². The lowest BCUT2D eigenvalue weighted by molar-refractivity contribution is 0.285. The van der Waals surface area contributed by atoms with Crippen molar-refractivity contribution < 1.29 is 17.5 Å². The van der Waals surface area contributed by atoms with Gasteiger partial charge in [0.25, 0.3) is 0 Å². The summed E-state index contributed by atoms with van der Waals surface area (Å²) in [6.45, 7) is 2.89. The van der Waals surface area contributed by atoms with Crippen molar-refractivity contribution in [3.63, 3.8) is 0 Å². The second-order valence-electron chi connectivity index (χ2n) is 5.84. The van der Waals surface area contributed by atoms with Gasteiger partial charge in [-0.3, -0.25) is 3.53 Å². The predicted molar refractivity (Wildman–Crippen MR) is 96.6 cm³/mol. The summed E-state index contributed by atoms with van der Waals surface area (Å²) in [6.07, 6.45) is 2.79. The maximum absolute atomic E-state index is 13.8. The van der Waals surface area contributed by atoms with Gasteiger partial charge in [0.15, 0.2) is 11.6 Å². The lowest BCUT2D eigenvalue weighted by Gasteiger charge is -2.16. The van der Waals surface area contributed by atoms with Gasteiger partial charge in [-0.05, 0) is 49.8 Å². The molecule has 1 aromatic carbocycles. The summed E-state index contributed by atoms with van der Waals surface area (Å²) in [6, 6.07) is 4.05. The maximum Gasteiger partial charge on any atom is 0.212 e. The Kier molecular flexibility index (Phi) is 7.05. The largest absolute Gasteiger partial charge is 0.490 e. The fourth-order valence-electron chi connectivity index (χ4n) is 2.12. The summed E-state index contributed by atoms with van der Waals surface area (Å²) in [5, 5.41) is 0. The van der Waals surface area contributed by atoms with Crippen molar-refractivity contribution >= 4 is 32.9 Å². The van der Waals surface area contributed by atoms with E-state index in [-0.39, 0.29) is 11.5 Å². The number of ether oxygens (including phenoxy) is 1. The standard InChI is InChI=1S/C15H22FIN2O3S/c1-11(19-23(20,21)8-2-7-18-17)13-5-6-14(16)15(9-13)22-10-12-3-4-12/h5-6,9,11-12,18-19H,2-4,7-8,10H2,1H3/t11-/m1/s1. The van der Waals surface area contributed by atoms with E-state index in [0.717, 1.165) is 12.8 Å². The van der Waals surface area contributed by atoms with Crippen molar-refractivity contribution in [2.75, 3.05) is 18.9 Å². The maximum atomic E-state index is 13.8. The molecule has 5 nitrogen and oxygen atoms in total. The average molecular weight is 456 g/mol. The zero-order chi connectivity index (χ0) is 16.9. The van der Waals surface area contributed by atoms with Gasteiger partial charge in [0, 0.05) is 35.5 Å². The molecule has 0 saturated heterocycles. The molecular weight excluding hydrogens is 434 g/mol. The van der Waals surface area contributed by atoms with E-state index in [0.29, 0.717) is 31.1 Å². The average Bonchev–Trinajstić information content (AvgIpc) is 3.30. The van der Waals surface area contributed by atoms with Gasteiger partial charge in [0.2, 0.25) is 10.0 Å². The van der Waals surface area contributed by atoms with Crippen LogP contribution in [0.5, 0.6) is 5.75 Å². The Balaban J connectivity index is 1.97. The molecule has 1 aliphatic carbocycles. The normalized spacial score (nSPS) is 16.3. The van der Waals surface area contributed by atoms with E-state index in [4.69, 9.17) is 4.74 Å². The molecule has 0 bridgehead atoms. The third kappa shape index (κ3) is 6.52. The number of hydrogen-bond acceptors (Lipinski definition) is 4. The second-order valence-corrected chi connectivity index (χ2v) is 8.48. The highest BCUT2D eigenvalue weighted by atomic mass is 127. The SMILES string of the molecule is C[C@@H](NS(=O)(=O)CCCNI)c1ccc(F)c(OCC2CC2)c1. The molecule has 2 N–H and O–H groups in total. The molecule has 1 atom stereocenters. The van der Waals surface area contributed by atoms with Crippen LogP contribution in [0.15, 0.2) is 18.2 Å². The highest BCUT2D eigenvalue weighted by Gasteiger charge is 2.23. The number of rotatable bonds is 10. The molecule has 130 valence electrons. The zero-order valence-electron chi connectivity index (χ0n) is 13.0. The molecule has 8 heteroatoms. The van der Waals surface area contributed by atoms with Crippen molar-refractivity contribution in [2.45, 2.75) is 32.2 Å². The number of halogens is 2. The van der Waals surface area contributed by atoms with Crippen LogP contribution in [0.3, 0.4) is 0 Å². The third-order valence-corrected chi connectivity index (χ3v) is 5.75. The van der Waals surface area contributed by atoms with Gasteiger partial charge in [-0.2, -0.15) is 0 Å². The van der Waals surface area contributed by atoms with Gasteiger partial charge in [0.05, 0.1) is 12.4 Å². The van der Waals surface area contributed by atoms with Crippen LogP contribution in [-0.2, 0) is 10.0 Å². The molecule has 1 aromatic rings. The monoisotopic (exact) mass is 456 g/mol. The summed E-state index contributed by atoms with van der Waals surface area (Å²) in [7, 11) is -3.37. The Morgan fingerprint density at radius 2 is 2.17 bits per heavy atom. The zero-order valence-corrected chi connectivity index (χ0v) is 16.0. The number of nitrogens with one attached hydrogen (secondary N) is 2. The van der Waals surface area contributed by atoms with Gasteiger partial charge in [-0.1, -0.05) is 6.07 Å². The van der Waals surface area contributed by atoms with Gasteiger partial charge in [-0.25, -0.2) is 17.5 Å². The Bertz CT molecular complexity index is 623. The smallest absolute Gasteiger partial charge is 0.212 e. The molecule has 23 heavy (non-hydrogen) atoms. The highest BCUT2D eigenvalue weighted by Crippen LogP contribution is 2.31. The summed E-state index contributed by atoms with van der Waals surface area (Å²) < 4.78 is 48.8. The minimum absolute atomic E-state index is 0.0551. The van der Waals surface area contributed by atoms with E-state index >= 15 is 0 Å². The van der Waals surface area contributed by atoms with Crippen LogP contribution >= 0.6 is 22.9 Å². The minimum atomic E-state index is -3.37. The van der Waals surface area contributed by atoms with Crippen molar-refractivity contribution in [3.8, 4) is 5.75 Å². The molecule has 0 amide bonds. The fourth-order valence-corrected chi connectivity index (χ4v) is 3.82. The minimum Gasteiger partial charge on any atom is -0.490 e. The third-order valence-electron chi connectivity index (χ3n) is 3.67. The Morgan fingerprint density at radius 1 is 1.43 bits per heavy atom. The first kappa shape index (κ1) is 18.9. The van der Waals surface area contributed by atoms with E-state index in [1.165, 1.54) is 6.07 Å². The number of sulfonamides is 1. The van der Waals surface area contributed by atoms with Crippen LogP contribution in [-0.4, -0.2) is 27.3 Å². The Labute approximate surface area is 150 Å². The molecule has 0 radical (unpaired) electrons. The Morgan fingerprint density at radius 3 is 2.83 bits per heavy atom. The van der Waals surface area contributed by atoms with Crippen molar-refractivity contribution in [3.05, 3.63) is 29.6 Å². The van der Waals surface area contributed by atoms with E-state index in [1.807, 2.05) is 22.9 Å². The molecule has 1 saturated carbocycles. The number of benzene rings is 1. The van der Waals surface area contributed by atoms with Gasteiger partial charge < -0.3 is 4.74 Å². The highest BCUT2D eigenvalue weighted by molar-refractivity contribution is 14.1. The van der Waals surface area contributed by atoms with E-state index in [2.05, 4.69) is 8.25 Å². The second kappa shape index (κ2) is 8.59. The van der Waals surface area contributed by atoms with Crippen LogP contribution in [0, 0.1) is 11.7 Å². The van der Waals surface area contributed by atoms with Crippen LogP contribution in [0.4, 0.5) is 4.39 Å².